The van der Waals surface area contributed by atoms with Crippen LogP contribution >= 0.6 is 12.4 Å². The molecule has 122 valence electrons. The number of carbonyl (C=O) groups is 1. The molecular formula is C17H31ClN2O. The molecule has 0 radical (unpaired) electrons. The van der Waals surface area contributed by atoms with Gasteiger partial charge in [-0.1, -0.05) is 26.7 Å². The van der Waals surface area contributed by atoms with Crippen LogP contribution in [0.4, 0.5) is 0 Å². The number of hydrogen-bond acceptors (Lipinski definition) is 2. The van der Waals surface area contributed by atoms with Crippen molar-refractivity contribution in [3.63, 3.8) is 0 Å². The molecule has 0 spiro atoms. The summed E-state index contributed by atoms with van der Waals surface area (Å²) in [5.74, 6) is 2.31. The molecule has 5 atom stereocenters. The maximum Gasteiger partial charge on any atom is 0.220 e. The quantitative estimate of drug-likeness (QED) is 0.839. The molecule has 2 saturated heterocycles. The first-order valence-corrected chi connectivity index (χ1v) is 8.67. The molecule has 2 bridgehead atoms. The first kappa shape index (κ1) is 17.1. The van der Waals surface area contributed by atoms with E-state index in [1.807, 2.05) is 0 Å². The molecule has 3 fully saturated rings. The van der Waals surface area contributed by atoms with Crippen LogP contribution < -0.4 is 10.6 Å². The van der Waals surface area contributed by atoms with Gasteiger partial charge in [0.1, 0.15) is 0 Å². The molecule has 2 aliphatic heterocycles. The van der Waals surface area contributed by atoms with Crippen molar-refractivity contribution in [2.75, 3.05) is 0 Å². The van der Waals surface area contributed by atoms with E-state index in [-0.39, 0.29) is 12.4 Å². The van der Waals surface area contributed by atoms with Gasteiger partial charge >= 0.3 is 0 Å². The maximum absolute atomic E-state index is 12.3. The third kappa shape index (κ3) is 4.13. The van der Waals surface area contributed by atoms with E-state index in [4.69, 9.17) is 0 Å². The standard InChI is InChI=1S/C17H30N2O.ClH/c1-11-4-3-5-16(12(11)2)19-17(20)10-13-8-14-6-7-15(9-13)18-14;/h11-16,18H,3-10H2,1-2H3,(H,19,20);1H. The minimum atomic E-state index is 0. The fourth-order valence-corrected chi connectivity index (χ4v) is 4.66. The maximum atomic E-state index is 12.3. The van der Waals surface area contributed by atoms with Gasteiger partial charge in [-0.05, 0) is 49.9 Å². The van der Waals surface area contributed by atoms with Crippen LogP contribution in [0.5, 0.6) is 0 Å². The molecule has 5 unspecified atom stereocenters. The Morgan fingerprint density at radius 3 is 2.43 bits per heavy atom. The van der Waals surface area contributed by atoms with Crippen LogP contribution in [0.2, 0.25) is 0 Å². The summed E-state index contributed by atoms with van der Waals surface area (Å²) in [6.45, 7) is 4.63. The second-order valence-electron chi connectivity index (χ2n) is 7.62. The molecule has 2 heterocycles. The SMILES string of the molecule is CC1CCCC(NC(=O)CC2CC3CCC(C2)N3)C1C.Cl. The molecule has 3 nitrogen and oxygen atoms in total. The zero-order chi connectivity index (χ0) is 14.1. The zero-order valence-electron chi connectivity index (χ0n) is 13.4. The van der Waals surface area contributed by atoms with Crippen molar-refractivity contribution in [3.05, 3.63) is 0 Å². The Bertz CT molecular complexity index is 351. The minimum absolute atomic E-state index is 0. The van der Waals surface area contributed by atoms with E-state index in [2.05, 4.69) is 24.5 Å². The normalized spacial score (nSPS) is 42.2. The number of piperidine rings is 1. The van der Waals surface area contributed by atoms with Gasteiger partial charge in [-0.3, -0.25) is 4.79 Å². The molecule has 4 heteroatoms. The lowest BCUT2D eigenvalue weighted by Gasteiger charge is -2.35. The van der Waals surface area contributed by atoms with Crippen LogP contribution in [0.25, 0.3) is 0 Å². The number of fused-ring (bicyclic) bond motifs is 2. The lowest BCUT2D eigenvalue weighted by Crippen LogP contribution is -2.45. The Morgan fingerprint density at radius 2 is 1.76 bits per heavy atom. The summed E-state index contributed by atoms with van der Waals surface area (Å²) in [5.41, 5.74) is 0. The van der Waals surface area contributed by atoms with Crippen LogP contribution in [0.15, 0.2) is 0 Å². The smallest absolute Gasteiger partial charge is 0.220 e. The van der Waals surface area contributed by atoms with Gasteiger partial charge in [-0.15, -0.1) is 12.4 Å². The summed E-state index contributed by atoms with van der Waals surface area (Å²) in [5, 5.41) is 6.99. The molecule has 0 aromatic rings. The van der Waals surface area contributed by atoms with E-state index >= 15 is 0 Å². The second kappa shape index (κ2) is 7.32. The van der Waals surface area contributed by atoms with Crippen LogP contribution in [0.3, 0.4) is 0 Å². The van der Waals surface area contributed by atoms with E-state index in [0.29, 0.717) is 35.9 Å². The summed E-state index contributed by atoms with van der Waals surface area (Å²) in [7, 11) is 0. The first-order chi connectivity index (χ1) is 9.61. The monoisotopic (exact) mass is 314 g/mol. The molecule has 0 aromatic heterocycles. The fraction of sp³-hybridized carbons (Fsp3) is 0.941. The largest absolute Gasteiger partial charge is 0.353 e. The van der Waals surface area contributed by atoms with Crippen molar-refractivity contribution < 1.29 is 4.79 Å². The highest BCUT2D eigenvalue weighted by atomic mass is 35.5. The molecule has 0 aromatic carbocycles. The number of hydrogen-bond donors (Lipinski definition) is 2. The number of halogens is 1. The molecule has 3 rings (SSSR count). The Morgan fingerprint density at radius 1 is 1.10 bits per heavy atom. The van der Waals surface area contributed by atoms with Crippen molar-refractivity contribution in [2.24, 2.45) is 17.8 Å². The topological polar surface area (TPSA) is 41.1 Å². The average molecular weight is 315 g/mol. The van der Waals surface area contributed by atoms with Gasteiger partial charge in [-0.2, -0.15) is 0 Å². The van der Waals surface area contributed by atoms with Gasteiger partial charge < -0.3 is 10.6 Å². The van der Waals surface area contributed by atoms with Gasteiger partial charge in [0.2, 0.25) is 5.91 Å². The predicted molar refractivity (Wildman–Crippen MR) is 88.6 cm³/mol. The van der Waals surface area contributed by atoms with Crippen molar-refractivity contribution >= 4 is 18.3 Å². The van der Waals surface area contributed by atoms with Crippen LogP contribution in [-0.4, -0.2) is 24.0 Å². The lowest BCUT2D eigenvalue weighted by atomic mass is 9.78. The Labute approximate surface area is 135 Å². The zero-order valence-corrected chi connectivity index (χ0v) is 14.3. The van der Waals surface area contributed by atoms with Crippen LogP contribution in [-0.2, 0) is 4.79 Å². The van der Waals surface area contributed by atoms with E-state index in [0.717, 1.165) is 12.3 Å². The van der Waals surface area contributed by atoms with E-state index < -0.39 is 0 Å². The molecule has 21 heavy (non-hydrogen) atoms. The summed E-state index contributed by atoms with van der Waals surface area (Å²) in [4.78, 5) is 12.3. The second-order valence-corrected chi connectivity index (χ2v) is 7.62. The van der Waals surface area contributed by atoms with E-state index in [1.54, 1.807) is 0 Å². The first-order valence-electron chi connectivity index (χ1n) is 8.67. The number of nitrogens with one attached hydrogen (secondary N) is 2. The molecule has 3 aliphatic rings. The van der Waals surface area contributed by atoms with Gasteiger partial charge in [0.25, 0.3) is 0 Å². The number of carbonyl (C=O) groups excluding carboxylic acids is 1. The van der Waals surface area contributed by atoms with Gasteiger partial charge in [0.15, 0.2) is 0 Å². The van der Waals surface area contributed by atoms with Crippen LogP contribution in [0, 0.1) is 17.8 Å². The summed E-state index contributed by atoms with van der Waals surface area (Å²) < 4.78 is 0. The summed E-state index contributed by atoms with van der Waals surface area (Å²) >= 11 is 0. The highest BCUT2D eigenvalue weighted by Crippen LogP contribution is 2.33. The Kier molecular flexibility index (Phi) is 5.96. The number of amides is 1. The molecule has 2 N–H and O–H groups in total. The lowest BCUT2D eigenvalue weighted by molar-refractivity contribution is -0.123. The summed E-state index contributed by atoms with van der Waals surface area (Å²) in [6.07, 6.45) is 9.58. The van der Waals surface area contributed by atoms with Crippen molar-refractivity contribution in [1.29, 1.82) is 0 Å². The average Bonchev–Trinajstić information content (AvgIpc) is 2.74. The third-order valence-electron chi connectivity index (χ3n) is 6.10. The minimum Gasteiger partial charge on any atom is -0.353 e. The fourth-order valence-electron chi connectivity index (χ4n) is 4.66. The van der Waals surface area contributed by atoms with Crippen molar-refractivity contribution in [1.82, 2.24) is 10.6 Å². The highest BCUT2D eigenvalue weighted by molar-refractivity contribution is 5.85. The summed E-state index contributed by atoms with van der Waals surface area (Å²) in [6, 6.07) is 1.81. The molecule has 1 aliphatic carbocycles. The Balaban J connectivity index is 0.00000161. The van der Waals surface area contributed by atoms with E-state index in [1.165, 1.54) is 44.9 Å². The van der Waals surface area contributed by atoms with E-state index in [9.17, 15) is 4.79 Å². The van der Waals surface area contributed by atoms with Crippen molar-refractivity contribution in [2.45, 2.75) is 83.3 Å². The molecule has 1 amide bonds. The van der Waals surface area contributed by atoms with Gasteiger partial charge in [0, 0.05) is 24.5 Å². The molecular weight excluding hydrogens is 284 g/mol. The highest BCUT2D eigenvalue weighted by Gasteiger charge is 2.35. The van der Waals surface area contributed by atoms with Gasteiger partial charge in [0.05, 0.1) is 0 Å². The third-order valence-corrected chi connectivity index (χ3v) is 6.10. The number of rotatable bonds is 3. The van der Waals surface area contributed by atoms with Crippen molar-refractivity contribution in [3.8, 4) is 0 Å². The Hall–Kier alpha value is -0.280. The van der Waals surface area contributed by atoms with Crippen LogP contribution in [0.1, 0.15) is 65.2 Å². The van der Waals surface area contributed by atoms with Gasteiger partial charge in [-0.25, -0.2) is 0 Å². The predicted octanol–water partition coefficient (Wildman–Crippen LogP) is 3.27. The molecule has 1 saturated carbocycles.